The minimum atomic E-state index is -0.883. The van der Waals surface area contributed by atoms with E-state index < -0.39 is 5.97 Å². The predicted octanol–water partition coefficient (Wildman–Crippen LogP) is 3.50. The molecule has 0 unspecified atom stereocenters. The minimum Gasteiger partial charge on any atom is -0.478 e. The summed E-state index contributed by atoms with van der Waals surface area (Å²) < 4.78 is 0. The van der Waals surface area contributed by atoms with Crippen molar-refractivity contribution in [2.24, 2.45) is 5.92 Å². The van der Waals surface area contributed by atoms with E-state index >= 15 is 0 Å². The molecule has 0 atom stereocenters. The molecule has 2 N–H and O–H groups in total. The lowest BCUT2D eigenvalue weighted by Gasteiger charge is -2.31. The summed E-state index contributed by atoms with van der Waals surface area (Å²) in [6.45, 7) is 7.59. The van der Waals surface area contributed by atoms with Crippen LogP contribution in [0.5, 0.6) is 0 Å². The number of benzene rings is 1. The van der Waals surface area contributed by atoms with Crippen molar-refractivity contribution in [1.29, 1.82) is 0 Å². The number of piperidine rings is 1. The van der Waals surface area contributed by atoms with Gasteiger partial charge in [-0.3, -0.25) is 9.89 Å². The van der Waals surface area contributed by atoms with E-state index in [-0.39, 0.29) is 11.3 Å². The number of aromatic nitrogens is 2. The third-order valence-electron chi connectivity index (χ3n) is 5.26. The summed E-state index contributed by atoms with van der Waals surface area (Å²) in [4.78, 5) is 25.9. The monoisotopic (exact) mass is 369 g/mol. The smallest absolute Gasteiger partial charge is 0.335 e. The third kappa shape index (κ3) is 4.38. The predicted molar refractivity (Wildman–Crippen MR) is 103 cm³/mol. The second-order valence-electron chi connectivity index (χ2n) is 8.32. The van der Waals surface area contributed by atoms with E-state index in [1.165, 1.54) is 0 Å². The van der Waals surface area contributed by atoms with Crippen LogP contribution in [0.2, 0.25) is 0 Å². The number of carboxylic acids is 1. The molecule has 1 aromatic carbocycles. The molecule has 1 saturated heterocycles. The van der Waals surface area contributed by atoms with Crippen molar-refractivity contribution >= 4 is 11.9 Å². The highest BCUT2D eigenvalue weighted by Crippen LogP contribution is 2.25. The summed E-state index contributed by atoms with van der Waals surface area (Å²) in [5, 5.41) is 16.5. The Hall–Kier alpha value is -2.63. The van der Waals surface area contributed by atoms with Crippen molar-refractivity contribution in [3.63, 3.8) is 0 Å². The second kappa shape index (κ2) is 7.55. The van der Waals surface area contributed by atoms with Crippen LogP contribution in [0.15, 0.2) is 30.3 Å². The zero-order valence-electron chi connectivity index (χ0n) is 16.2. The number of carbonyl (C=O) groups excluding carboxylic acids is 1. The quantitative estimate of drug-likeness (QED) is 0.864. The van der Waals surface area contributed by atoms with Crippen LogP contribution in [-0.4, -0.2) is 45.2 Å². The lowest BCUT2D eigenvalue weighted by Crippen LogP contribution is -2.39. The number of H-pyrrole nitrogens is 1. The highest BCUT2D eigenvalue weighted by Gasteiger charge is 2.27. The molecule has 3 rings (SSSR count). The fourth-order valence-electron chi connectivity index (χ4n) is 3.54. The molecule has 0 aliphatic carbocycles. The number of rotatable bonds is 4. The number of amides is 1. The van der Waals surface area contributed by atoms with E-state index in [1.807, 2.05) is 23.1 Å². The van der Waals surface area contributed by atoms with Gasteiger partial charge in [-0.15, -0.1) is 0 Å². The van der Waals surface area contributed by atoms with E-state index in [9.17, 15) is 14.7 Å². The Morgan fingerprint density at radius 2 is 1.89 bits per heavy atom. The van der Waals surface area contributed by atoms with Crippen molar-refractivity contribution in [3.8, 4) is 0 Å². The van der Waals surface area contributed by atoms with Crippen LogP contribution < -0.4 is 0 Å². The van der Waals surface area contributed by atoms with Crippen LogP contribution in [-0.2, 0) is 11.8 Å². The number of aromatic carboxylic acids is 1. The summed E-state index contributed by atoms with van der Waals surface area (Å²) in [7, 11) is 0. The van der Waals surface area contributed by atoms with E-state index in [4.69, 9.17) is 0 Å². The van der Waals surface area contributed by atoms with Gasteiger partial charge in [-0.05, 0) is 42.9 Å². The maximum Gasteiger partial charge on any atom is 0.335 e. The van der Waals surface area contributed by atoms with Gasteiger partial charge in [0, 0.05) is 24.2 Å². The van der Waals surface area contributed by atoms with E-state index in [0.717, 1.165) is 30.5 Å². The van der Waals surface area contributed by atoms with Crippen LogP contribution in [0, 0.1) is 5.92 Å². The summed E-state index contributed by atoms with van der Waals surface area (Å²) >= 11 is 0. The van der Waals surface area contributed by atoms with E-state index in [0.29, 0.717) is 30.3 Å². The molecule has 144 valence electrons. The maximum atomic E-state index is 12.7. The van der Waals surface area contributed by atoms with Gasteiger partial charge in [0.1, 0.15) is 5.69 Å². The summed E-state index contributed by atoms with van der Waals surface area (Å²) in [5.74, 6) is -0.531. The molecule has 0 saturated carbocycles. The van der Waals surface area contributed by atoms with Gasteiger partial charge in [-0.1, -0.05) is 39.0 Å². The van der Waals surface area contributed by atoms with Gasteiger partial charge in [0.25, 0.3) is 5.91 Å². The zero-order chi connectivity index (χ0) is 19.6. The van der Waals surface area contributed by atoms with Crippen LogP contribution in [0.25, 0.3) is 0 Å². The van der Waals surface area contributed by atoms with Crippen molar-refractivity contribution in [2.45, 2.75) is 45.4 Å². The second-order valence-corrected chi connectivity index (χ2v) is 8.32. The number of carboxylic acid groups (broad SMARTS) is 1. The molecule has 6 nitrogen and oxygen atoms in total. The first-order chi connectivity index (χ1) is 12.8. The number of hydrogen-bond donors (Lipinski definition) is 2. The Bertz CT molecular complexity index is 827. The lowest BCUT2D eigenvalue weighted by molar-refractivity contribution is 0.0684. The van der Waals surface area contributed by atoms with Gasteiger partial charge < -0.3 is 10.0 Å². The van der Waals surface area contributed by atoms with Gasteiger partial charge in [0.2, 0.25) is 0 Å². The molecule has 2 heterocycles. The van der Waals surface area contributed by atoms with Crippen LogP contribution in [0.1, 0.15) is 65.7 Å². The molecule has 0 bridgehead atoms. The first-order valence-electron chi connectivity index (χ1n) is 9.42. The Kier molecular flexibility index (Phi) is 5.35. The normalized spacial score (nSPS) is 15.7. The Morgan fingerprint density at radius 1 is 1.22 bits per heavy atom. The third-order valence-corrected chi connectivity index (χ3v) is 5.26. The SMILES string of the molecule is CC(C)(C)c1cc(C(=O)N2CCC(Cc3ccccc3C(=O)O)CC2)n[nH]1. The molecule has 1 fully saturated rings. The molecule has 1 amide bonds. The average molecular weight is 369 g/mol. The van der Waals surface area contributed by atoms with Crippen LogP contribution in [0.3, 0.4) is 0 Å². The molecule has 0 spiro atoms. The standard InChI is InChI=1S/C21H27N3O3/c1-21(2,3)18-13-17(22-23-18)19(25)24-10-8-14(9-11-24)12-15-6-4-5-7-16(15)20(26)27/h4-7,13-14H,8-12H2,1-3H3,(H,22,23)(H,26,27). The van der Waals surface area contributed by atoms with Gasteiger partial charge >= 0.3 is 5.97 Å². The van der Waals surface area contributed by atoms with Gasteiger partial charge in [0.05, 0.1) is 5.56 Å². The molecule has 1 aliphatic rings. The van der Waals surface area contributed by atoms with Gasteiger partial charge in [0.15, 0.2) is 0 Å². The molecular weight excluding hydrogens is 342 g/mol. The molecule has 1 aliphatic heterocycles. The molecule has 2 aromatic rings. The largest absolute Gasteiger partial charge is 0.478 e. The van der Waals surface area contributed by atoms with E-state index in [2.05, 4.69) is 31.0 Å². The zero-order valence-corrected chi connectivity index (χ0v) is 16.2. The minimum absolute atomic E-state index is 0.0360. The maximum absolute atomic E-state index is 12.7. The Balaban J connectivity index is 1.60. The number of carbonyl (C=O) groups is 2. The summed E-state index contributed by atoms with van der Waals surface area (Å²) in [5.41, 5.74) is 2.59. The lowest BCUT2D eigenvalue weighted by atomic mass is 9.88. The highest BCUT2D eigenvalue weighted by molar-refractivity contribution is 5.92. The van der Waals surface area contributed by atoms with Crippen molar-refractivity contribution < 1.29 is 14.7 Å². The summed E-state index contributed by atoms with van der Waals surface area (Å²) in [6.07, 6.45) is 2.48. The average Bonchev–Trinajstić information content (AvgIpc) is 3.12. The Morgan fingerprint density at radius 3 is 2.48 bits per heavy atom. The van der Waals surface area contributed by atoms with Crippen molar-refractivity contribution in [3.05, 3.63) is 52.8 Å². The fraction of sp³-hybridized carbons (Fsp3) is 0.476. The summed E-state index contributed by atoms with van der Waals surface area (Å²) in [6, 6.07) is 9.02. The van der Waals surface area contributed by atoms with E-state index in [1.54, 1.807) is 12.1 Å². The van der Waals surface area contributed by atoms with Crippen molar-refractivity contribution in [2.75, 3.05) is 13.1 Å². The van der Waals surface area contributed by atoms with Gasteiger partial charge in [-0.25, -0.2) is 4.79 Å². The van der Waals surface area contributed by atoms with Gasteiger partial charge in [-0.2, -0.15) is 5.10 Å². The Labute approximate surface area is 159 Å². The number of aromatic amines is 1. The fourth-order valence-corrected chi connectivity index (χ4v) is 3.54. The van der Waals surface area contributed by atoms with Crippen LogP contribution in [0.4, 0.5) is 0 Å². The first-order valence-corrected chi connectivity index (χ1v) is 9.42. The van der Waals surface area contributed by atoms with Crippen LogP contribution >= 0.6 is 0 Å². The first kappa shape index (κ1) is 19.1. The topological polar surface area (TPSA) is 86.3 Å². The molecule has 1 aromatic heterocycles. The molecule has 27 heavy (non-hydrogen) atoms. The molecule has 0 radical (unpaired) electrons. The number of likely N-dealkylation sites (tertiary alicyclic amines) is 1. The highest BCUT2D eigenvalue weighted by atomic mass is 16.4. The van der Waals surface area contributed by atoms with Crippen molar-refractivity contribution in [1.82, 2.24) is 15.1 Å². The molecular formula is C21H27N3O3. The number of nitrogens with zero attached hydrogens (tertiary/aromatic N) is 2. The number of hydrogen-bond acceptors (Lipinski definition) is 3. The number of nitrogens with one attached hydrogen (secondary N) is 1. The molecule has 6 heteroatoms.